The maximum Gasteiger partial charge on any atom is 0.305 e. The summed E-state index contributed by atoms with van der Waals surface area (Å²) in [7, 11) is 1.58. The van der Waals surface area contributed by atoms with Crippen molar-refractivity contribution < 1.29 is 24.2 Å². The molecule has 0 aliphatic carbocycles. The second-order valence-corrected chi connectivity index (χ2v) is 5.71. The Kier molecular flexibility index (Phi) is 6.43. The van der Waals surface area contributed by atoms with E-state index in [0.717, 1.165) is 12.0 Å². The van der Waals surface area contributed by atoms with Crippen molar-refractivity contribution in [2.45, 2.75) is 32.4 Å². The molecule has 1 unspecified atom stereocenters. The summed E-state index contributed by atoms with van der Waals surface area (Å²) in [4.78, 5) is 24.9. The lowest BCUT2D eigenvalue weighted by molar-refractivity contribution is -0.143. The Balaban J connectivity index is 2.13. The number of nitrogens with zero attached hydrogens (tertiary/aromatic N) is 1. The number of benzene rings is 1. The molecule has 0 bridgehead atoms. The average Bonchev–Trinajstić information content (AvgIpc) is 2.56. The smallest absolute Gasteiger partial charge is 0.305 e. The van der Waals surface area contributed by atoms with E-state index in [9.17, 15) is 9.59 Å². The summed E-state index contributed by atoms with van der Waals surface area (Å²) in [5.41, 5.74) is 0.945. The second-order valence-electron chi connectivity index (χ2n) is 5.71. The Morgan fingerprint density at radius 1 is 1.42 bits per heavy atom. The molecule has 0 radical (unpaired) electrons. The third kappa shape index (κ3) is 4.61. The zero-order valence-electron chi connectivity index (χ0n) is 14.1. The van der Waals surface area contributed by atoms with Crippen molar-refractivity contribution in [3.8, 4) is 11.5 Å². The van der Waals surface area contributed by atoms with Crippen LogP contribution in [0.1, 0.15) is 25.3 Å². The third-order valence-electron chi connectivity index (χ3n) is 3.89. The van der Waals surface area contributed by atoms with Crippen LogP contribution in [-0.4, -0.2) is 54.7 Å². The van der Waals surface area contributed by atoms with Gasteiger partial charge in [-0.05, 0) is 24.1 Å². The normalized spacial score (nSPS) is 18.1. The number of rotatable bonds is 8. The summed E-state index contributed by atoms with van der Waals surface area (Å²) in [5.74, 6) is 0.0974. The predicted octanol–water partition coefficient (Wildman–Crippen LogP) is 1.26. The lowest BCUT2D eigenvalue weighted by Crippen LogP contribution is -2.55. The highest BCUT2D eigenvalue weighted by Crippen LogP contribution is 2.29. The molecule has 1 aromatic rings. The zero-order chi connectivity index (χ0) is 17.5. The molecule has 24 heavy (non-hydrogen) atoms. The van der Waals surface area contributed by atoms with Gasteiger partial charge in [-0.2, -0.15) is 0 Å². The fourth-order valence-electron chi connectivity index (χ4n) is 2.71. The first-order valence-electron chi connectivity index (χ1n) is 8.08. The highest BCUT2D eigenvalue weighted by Gasteiger charge is 2.31. The van der Waals surface area contributed by atoms with E-state index in [-0.39, 0.29) is 12.3 Å². The minimum absolute atomic E-state index is 0.208. The van der Waals surface area contributed by atoms with Gasteiger partial charge in [-0.15, -0.1) is 0 Å². The monoisotopic (exact) mass is 336 g/mol. The lowest BCUT2D eigenvalue weighted by Gasteiger charge is -2.34. The number of hydrogen-bond donors (Lipinski definition) is 2. The van der Waals surface area contributed by atoms with E-state index >= 15 is 0 Å². The van der Waals surface area contributed by atoms with Crippen LogP contribution in [0.4, 0.5) is 0 Å². The van der Waals surface area contributed by atoms with Gasteiger partial charge >= 0.3 is 5.97 Å². The molecule has 1 aliphatic rings. The first-order chi connectivity index (χ1) is 11.5. The van der Waals surface area contributed by atoms with Crippen LogP contribution in [0.2, 0.25) is 0 Å². The molecule has 132 valence electrons. The van der Waals surface area contributed by atoms with E-state index in [4.69, 9.17) is 14.6 Å². The number of ether oxygens (including phenoxy) is 2. The van der Waals surface area contributed by atoms with Gasteiger partial charge in [-0.25, -0.2) is 0 Å². The van der Waals surface area contributed by atoms with Crippen molar-refractivity contribution in [3.63, 3.8) is 0 Å². The maximum absolute atomic E-state index is 12.0. The van der Waals surface area contributed by atoms with Gasteiger partial charge in [-0.1, -0.05) is 13.0 Å². The van der Waals surface area contributed by atoms with E-state index in [1.807, 2.05) is 30.0 Å². The standard InChI is InChI=1S/C17H24N2O5/c1-3-8-24-14-5-4-12(9-15(14)23-2)11-19-7-6-18-17(22)13(19)10-16(20)21/h4-5,9,13H,3,6-8,10-11H2,1-2H3,(H,18,22)(H,20,21). The Morgan fingerprint density at radius 2 is 2.21 bits per heavy atom. The van der Waals surface area contributed by atoms with E-state index in [0.29, 0.717) is 37.7 Å². The lowest BCUT2D eigenvalue weighted by atomic mass is 10.1. The number of carbonyl (C=O) groups excluding carboxylic acids is 1. The second kappa shape index (κ2) is 8.54. The van der Waals surface area contributed by atoms with E-state index in [1.54, 1.807) is 7.11 Å². The summed E-state index contributed by atoms with van der Waals surface area (Å²) in [6, 6.07) is 4.98. The van der Waals surface area contributed by atoms with Crippen molar-refractivity contribution in [2.75, 3.05) is 26.8 Å². The summed E-state index contributed by atoms with van der Waals surface area (Å²) in [5, 5.41) is 11.7. The van der Waals surface area contributed by atoms with Gasteiger partial charge in [0.2, 0.25) is 5.91 Å². The van der Waals surface area contributed by atoms with Crippen LogP contribution >= 0.6 is 0 Å². The molecule has 1 heterocycles. The summed E-state index contributed by atoms with van der Waals surface area (Å²) >= 11 is 0. The van der Waals surface area contributed by atoms with E-state index in [1.165, 1.54) is 0 Å². The quantitative estimate of drug-likeness (QED) is 0.743. The summed E-state index contributed by atoms with van der Waals surface area (Å²) in [6.07, 6.45) is 0.700. The van der Waals surface area contributed by atoms with Crippen molar-refractivity contribution in [1.29, 1.82) is 0 Å². The van der Waals surface area contributed by atoms with Crippen LogP contribution in [0.15, 0.2) is 18.2 Å². The number of carboxylic acids is 1. The highest BCUT2D eigenvalue weighted by atomic mass is 16.5. The van der Waals surface area contributed by atoms with Crippen LogP contribution in [0.5, 0.6) is 11.5 Å². The first kappa shape index (κ1) is 18.1. The van der Waals surface area contributed by atoms with Gasteiger partial charge in [-0.3, -0.25) is 14.5 Å². The summed E-state index contributed by atoms with van der Waals surface area (Å²) in [6.45, 7) is 4.26. The van der Waals surface area contributed by atoms with Crippen LogP contribution in [0.3, 0.4) is 0 Å². The van der Waals surface area contributed by atoms with E-state index in [2.05, 4.69) is 5.32 Å². The molecule has 1 aliphatic heterocycles. The molecule has 1 saturated heterocycles. The van der Waals surface area contributed by atoms with Gasteiger partial charge in [0.15, 0.2) is 11.5 Å². The highest BCUT2D eigenvalue weighted by molar-refractivity contribution is 5.86. The average molecular weight is 336 g/mol. The predicted molar refractivity (Wildman–Crippen MR) is 88.2 cm³/mol. The molecule has 2 rings (SSSR count). The largest absolute Gasteiger partial charge is 0.493 e. The topological polar surface area (TPSA) is 88.1 Å². The zero-order valence-corrected chi connectivity index (χ0v) is 14.1. The Hall–Kier alpha value is -2.28. The van der Waals surface area contributed by atoms with Gasteiger partial charge in [0.05, 0.1) is 20.1 Å². The van der Waals surface area contributed by atoms with Crippen LogP contribution < -0.4 is 14.8 Å². The van der Waals surface area contributed by atoms with Gasteiger partial charge in [0, 0.05) is 19.6 Å². The number of amides is 1. The van der Waals surface area contributed by atoms with Crippen molar-refractivity contribution >= 4 is 11.9 Å². The number of carboxylic acid groups (broad SMARTS) is 1. The molecule has 0 spiro atoms. The third-order valence-corrected chi connectivity index (χ3v) is 3.89. The number of hydrogen-bond acceptors (Lipinski definition) is 5. The number of aliphatic carboxylic acids is 1. The number of piperazine rings is 1. The molecule has 0 aromatic heterocycles. The molecular weight excluding hydrogens is 312 g/mol. The van der Waals surface area contributed by atoms with Crippen LogP contribution in [-0.2, 0) is 16.1 Å². The van der Waals surface area contributed by atoms with Gasteiger partial charge < -0.3 is 19.9 Å². The Bertz CT molecular complexity index is 590. The molecule has 1 aromatic carbocycles. The van der Waals surface area contributed by atoms with Crippen LogP contribution in [0, 0.1) is 0 Å². The minimum atomic E-state index is -0.983. The molecule has 1 atom stereocenters. The maximum atomic E-state index is 12.0. The molecule has 7 nitrogen and oxygen atoms in total. The molecule has 1 amide bonds. The molecule has 0 saturated carbocycles. The fourth-order valence-corrected chi connectivity index (χ4v) is 2.71. The fraction of sp³-hybridized carbons (Fsp3) is 0.529. The van der Waals surface area contributed by atoms with Crippen LogP contribution in [0.25, 0.3) is 0 Å². The Labute approximate surface area is 141 Å². The van der Waals surface area contributed by atoms with Gasteiger partial charge in [0.25, 0.3) is 0 Å². The molecule has 2 N–H and O–H groups in total. The summed E-state index contributed by atoms with van der Waals surface area (Å²) < 4.78 is 11.0. The Morgan fingerprint density at radius 3 is 2.88 bits per heavy atom. The molecule has 7 heteroatoms. The minimum Gasteiger partial charge on any atom is -0.493 e. The first-order valence-corrected chi connectivity index (χ1v) is 8.08. The number of nitrogens with one attached hydrogen (secondary N) is 1. The van der Waals surface area contributed by atoms with E-state index < -0.39 is 12.0 Å². The van der Waals surface area contributed by atoms with Crippen molar-refractivity contribution in [2.24, 2.45) is 0 Å². The molecule has 1 fully saturated rings. The van der Waals surface area contributed by atoms with Crippen molar-refractivity contribution in [3.05, 3.63) is 23.8 Å². The SMILES string of the molecule is CCCOc1ccc(CN2CCNC(=O)C2CC(=O)O)cc1OC. The number of methoxy groups -OCH3 is 1. The van der Waals surface area contributed by atoms with Gasteiger partial charge in [0.1, 0.15) is 6.04 Å². The molecular formula is C17H24N2O5. The number of carbonyl (C=O) groups is 2. The van der Waals surface area contributed by atoms with Crippen molar-refractivity contribution in [1.82, 2.24) is 10.2 Å².